The lowest BCUT2D eigenvalue weighted by atomic mass is 10.2. The molecule has 2 aromatic carbocycles. The van der Waals surface area contributed by atoms with Crippen LogP contribution >= 0.6 is 23.6 Å². The predicted molar refractivity (Wildman–Crippen MR) is 107 cm³/mol. The molecule has 0 aliphatic carbocycles. The Bertz CT molecular complexity index is 851. The Labute approximate surface area is 161 Å². The van der Waals surface area contributed by atoms with Crippen molar-refractivity contribution in [1.29, 1.82) is 0 Å². The molecule has 3 N–H and O–H groups in total. The molecule has 0 fully saturated rings. The Morgan fingerprint density at radius 1 is 1.15 bits per heavy atom. The molecule has 0 radical (unpaired) electrons. The monoisotopic (exact) mass is 385 g/mol. The molecule has 134 valence electrons. The third kappa shape index (κ3) is 5.01. The minimum Gasteiger partial charge on any atom is -0.493 e. The summed E-state index contributed by atoms with van der Waals surface area (Å²) in [6.07, 6.45) is 0.747. The number of nitrogens with two attached hydrogens (primary N) is 1. The van der Waals surface area contributed by atoms with Gasteiger partial charge in [0.05, 0.1) is 18.8 Å². The lowest BCUT2D eigenvalue weighted by molar-refractivity contribution is -0.0211. The number of aromatic nitrogens is 1. The summed E-state index contributed by atoms with van der Waals surface area (Å²) in [6.45, 7) is 0.799. The molecular formula is C19H19N3O2S2. The van der Waals surface area contributed by atoms with Gasteiger partial charge in [-0.3, -0.25) is 5.21 Å². The molecule has 1 heterocycles. The molecule has 0 aliphatic rings. The van der Waals surface area contributed by atoms with Crippen LogP contribution in [0.3, 0.4) is 0 Å². The number of hydroxylamine groups is 2. The van der Waals surface area contributed by atoms with Gasteiger partial charge in [-0.15, -0.1) is 11.3 Å². The Hall–Kier alpha value is -2.48. The van der Waals surface area contributed by atoms with E-state index in [1.54, 1.807) is 11.3 Å². The van der Waals surface area contributed by atoms with E-state index in [9.17, 15) is 5.21 Å². The van der Waals surface area contributed by atoms with E-state index in [0.29, 0.717) is 6.61 Å². The molecule has 7 heteroatoms. The second kappa shape index (κ2) is 8.75. The van der Waals surface area contributed by atoms with Gasteiger partial charge < -0.3 is 10.5 Å². The van der Waals surface area contributed by atoms with Crippen LogP contribution in [0.2, 0.25) is 0 Å². The number of benzene rings is 2. The van der Waals surface area contributed by atoms with E-state index in [0.717, 1.165) is 39.1 Å². The van der Waals surface area contributed by atoms with Gasteiger partial charge in [0.15, 0.2) is 5.11 Å². The van der Waals surface area contributed by atoms with Gasteiger partial charge in [0.2, 0.25) is 0 Å². The largest absolute Gasteiger partial charge is 0.493 e. The number of hydrogen-bond acceptors (Lipinski definition) is 5. The summed E-state index contributed by atoms with van der Waals surface area (Å²) in [5.74, 6) is 0.770. The van der Waals surface area contributed by atoms with E-state index in [1.165, 1.54) is 0 Å². The topological polar surface area (TPSA) is 71.6 Å². The van der Waals surface area contributed by atoms with E-state index < -0.39 is 0 Å². The highest BCUT2D eigenvalue weighted by molar-refractivity contribution is 7.80. The molecular weight excluding hydrogens is 366 g/mol. The second-order valence-electron chi connectivity index (χ2n) is 5.65. The highest BCUT2D eigenvalue weighted by atomic mass is 32.1. The molecule has 0 aliphatic heterocycles. The van der Waals surface area contributed by atoms with Crippen LogP contribution in [0, 0.1) is 0 Å². The summed E-state index contributed by atoms with van der Waals surface area (Å²) >= 11 is 6.35. The molecule has 0 amide bonds. The van der Waals surface area contributed by atoms with Crippen molar-refractivity contribution in [1.82, 2.24) is 10.0 Å². The summed E-state index contributed by atoms with van der Waals surface area (Å²) < 4.78 is 5.77. The summed E-state index contributed by atoms with van der Waals surface area (Å²) in [6, 6.07) is 17.6. The van der Waals surface area contributed by atoms with Crippen molar-refractivity contribution in [3.05, 3.63) is 71.2 Å². The zero-order chi connectivity index (χ0) is 18.4. The van der Waals surface area contributed by atoms with Crippen molar-refractivity contribution < 1.29 is 9.94 Å². The zero-order valence-electron chi connectivity index (χ0n) is 14.0. The summed E-state index contributed by atoms with van der Waals surface area (Å²) in [5, 5.41) is 13.4. The van der Waals surface area contributed by atoms with E-state index in [1.807, 2.05) is 42.5 Å². The minimum absolute atomic E-state index is 0.0524. The molecule has 5 nitrogen and oxygen atoms in total. The fourth-order valence-electron chi connectivity index (χ4n) is 2.35. The van der Waals surface area contributed by atoms with Crippen molar-refractivity contribution in [2.45, 2.75) is 13.0 Å². The highest BCUT2D eigenvalue weighted by Gasteiger charge is 2.06. The van der Waals surface area contributed by atoms with Crippen molar-refractivity contribution in [2.24, 2.45) is 5.73 Å². The molecule has 26 heavy (non-hydrogen) atoms. The van der Waals surface area contributed by atoms with Crippen molar-refractivity contribution in [2.75, 3.05) is 6.61 Å². The number of thiazole rings is 1. The molecule has 3 rings (SSSR count). The van der Waals surface area contributed by atoms with Crippen LogP contribution in [0.4, 0.5) is 0 Å². The normalized spacial score (nSPS) is 10.5. The molecule has 0 saturated heterocycles. The van der Waals surface area contributed by atoms with Gasteiger partial charge in [0.25, 0.3) is 0 Å². The van der Waals surface area contributed by atoms with Crippen LogP contribution in [0.5, 0.6) is 5.75 Å². The zero-order valence-corrected chi connectivity index (χ0v) is 15.7. The first-order chi connectivity index (χ1) is 12.6. The number of thiocarbonyl (C=S) groups is 1. The SMILES string of the molecule is NC(=S)N(O)Cc1ccc(OCCc2csc(-c3ccccc3)n2)cc1. The first kappa shape index (κ1) is 18.3. The molecule has 0 saturated carbocycles. The molecule has 1 aromatic heterocycles. The van der Waals surface area contributed by atoms with Crippen LogP contribution in [-0.2, 0) is 13.0 Å². The smallest absolute Gasteiger partial charge is 0.190 e. The maximum atomic E-state index is 9.53. The van der Waals surface area contributed by atoms with E-state index in [2.05, 4.69) is 22.5 Å². The van der Waals surface area contributed by atoms with Crippen LogP contribution < -0.4 is 10.5 Å². The van der Waals surface area contributed by atoms with Crippen LogP contribution in [-0.4, -0.2) is 27.0 Å². The maximum absolute atomic E-state index is 9.53. The minimum atomic E-state index is -0.0524. The Morgan fingerprint density at radius 3 is 2.58 bits per heavy atom. The molecule has 0 spiro atoms. The fourth-order valence-corrected chi connectivity index (χ4v) is 3.28. The number of rotatable bonds is 7. The maximum Gasteiger partial charge on any atom is 0.190 e. The van der Waals surface area contributed by atoms with Gasteiger partial charge in [0, 0.05) is 17.4 Å². The average molecular weight is 386 g/mol. The Balaban J connectivity index is 1.49. The second-order valence-corrected chi connectivity index (χ2v) is 6.92. The lowest BCUT2D eigenvalue weighted by Crippen LogP contribution is -2.31. The van der Waals surface area contributed by atoms with Crippen molar-refractivity contribution in [3.8, 4) is 16.3 Å². The van der Waals surface area contributed by atoms with Gasteiger partial charge in [0.1, 0.15) is 10.8 Å². The van der Waals surface area contributed by atoms with Crippen molar-refractivity contribution >= 4 is 28.7 Å². The van der Waals surface area contributed by atoms with Gasteiger partial charge in [-0.25, -0.2) is 10.0 Å². The van der Waals surface area contributed by atoms with Gasteiger partial charge in [-0.1, -0.05) is 42.5 Å². The number of ether oxygens (including phenoxy) is 1. The molecule has 0 unspecified atom stereocenters. The van der Waals surface area contributed by atoms with E-state index in [-0.39, 0.29) is 11.7 Å². The first-order valence-electron chi connectivity index (χ1n) is 8.09. The van der Waals surface area contributed by atoms with Gasteiger partial charge in [-0.2, -0.15) is 0 Å². The standard InChI is InChI=1S/C19H19N3O2S2/c20-19(25)22(23)12-14-6-8-17(9-7-14)24-11-10-16-13-26-18(21-16)15-4-2-1-3-5-15/h1-9,13,23H,10-12H2,(H2,20,25). The summed E-state index contributed by atoms with van der Waals surface area (Å²) in [4.78, 5) is 4.66. The number of hydrogen-bond donors (Lipinski definition) is 2. The lowest BCUT2D eigenvalue weighted by Gasteiger charge is -2.14. The van der Waals surface area contributed by atoms with Gasteiger partial charge >= 0.3 is 0 Å². The third-order valence-electron chi connectivity index (χ3n) is 3.71. The van der Waals surface area contributed by atoms with Crippen LogP contribution in [0.25, 0.3) is 10.6 Å². The van der Waals surface area contributed by atoms with E-state index in [4.69, 9.17) is 22.7 Å². The molecule has 3 aromatic rings. The van der Waals surface area contributed by atoms with Gasteiger partial charge in [-0.05, 0) is 29.9 Å². The first-order valence-corrected chi connectivity index (χ1v) is 9.38. The van der Waals surface area contributed by atoms with Crippen molar-refractivity contribution in [3.63, 3.8) is 0 Å². The molecule has 0 bridgehead atoms. The average Bonchev–Trinajstić information content (AvgIpc) is 3.13. The predicted octanol–water partition coefficient (Wildman–Crippen LogP) is 3.87. The van der Waals surface area contributed by atoms with Crippen LogP contribution in [0.1, 0.15) is 11.3 Å². The quantitative estimate of drug-likeness (QED) is 0.475. The summed E-state index contributed by atoms with van der Waals surface area (Å²) in [5.41, 5.74) is 8.40. The highest BCUT2D eigenvalue weighted by Crippen LogP contribution is 2.23. The van der Waals surface area contributed by atoms with E-state index >= 15 is 0 Å². The Morgan fingerprint density at radius 2 is 1.88 bits per heavy atom. The third-order valence-corrected chi connectivity index (χ3v) is 4.86. The fraction of sp³-hybridized carbons (Fsp3) is 0.158. The summed E-state index contributed by atoms with van der Waals surface area (Å²) in [7, 11) is 0. The van der Waals surface area contributed by atoms with Crippen LogP contribution in [0.15, 0.2) is 60.0 Å². The molecule has 0 atom stereocenters. The Kier molecular flexibility index (Phi) is 6.17. The number of nitrogens with zero attached hydrogens (tertiary/aromatic N) is 2.